The third-order valence-electron chi connectivity index (χ3n) is 3.94. The van der Waals surface area contributed by atoms with Crippen molar-refractivity contribution in [3.8, 4) is 11.1 Å². The Kier molecular flexibility index (Phi) is 4.12. The normalized spacial score (nSPS) is 10.8. The summed E-state index contributed by atoms with van der Waals surface area (Å²) in [4.78, 5) is 20.2. The molecule has 3 heterocycles. The molecule has 7 heteroatoms. The zero-order valence-corrected chi connectivity index (χ0v) is 13.7. The summed E-state index contributed by atoms with van der Waals surface area (Å²) in [5.41, 5.74) is 3.82. The monoisotopic (exact) mass is 345 g/mol. The number of carbonyl (C=O) groups is 1. The lowest BCUT2D eigenvalue weighted by molar-refractivity contribution is 0.0904. The van der Waals surface area contributed by atoms with E-state index in [0.29, 0.717) is 11.5 Å². The van der Waals surface area contributed by atoms with Gasteiger partial charge in [-0.15, -0.1) is 5.10 Å². The molecule has 7 nitrogen and oxygen atoms in total. The maximum atomic E-state index is 11.5. The number of aliphatic hydroxyl groups excluding tert-OH is 1. The first-order chi connectivity index (χ1) is 12.7. The maximum Gasteiger partial charge on any atom is 0.247 e. The summed E-state index contributed by atoms with van der Waals surface area (Å²) >= 11 is 0. The number of nitrogens with zero attached hydrogens (tertiary/aromatic N) is 4. The van der Waals surface area contributed by atoms with Gasteiger partial charge < -0.3 is 10.4 Å². The van der Waals surface area contributed by atoms with Crippen LogP contribution >= 0.6 is 0 Å². The molecule has 3 aromatic heterocycles. The van der Waals surface area contributed by atoms with Crippen molar-refractivity contribution in [3.05, 3.63) is 72.7 Å². The first kappa shape index (κ1) is 15.9. The van der Waals surface area contributed by atoms with Crippen LogP contribution in [0.4, 0.5) is 11.6 Å². The van der Waals surface area contributed by atoms with Crippen molar-refractivity contribution >= 4 is 23.1 Å². The SMILES string of the molecule is O=C(CO)c1ccc(Nc2nc3c(-c4cccnc4)cccn3n2)cc1. The van der Waals surface area contributed by atoms with Gasteiger partial charge in [0.1, 0.15) is 6.61 Å². The largest absolute Gasteiger partial charge is 0.388 e. The molecule has 0 saturated carbocycles. The number of pyridine rings is 2. The molecule has 2 N–H and O–H groups in total. The molecule has 0 aliphatic carbocycles. The maximum absolute atomic E-state index is 11.5. The second-order valence-corrected chi connectivity index (χ2v) is 5.65. The van der Waals surface area contributed by atoms with Gasteiger partial charge in [-0.25, -0.2) is 4.52 Å². The van der Waals surface area contributed by atoms with Gasteiger partial charge in [-0.2, -0.15) is 4.98 Å². The summed E-state index contributed by atoms with van der Waals surface area (Å²) in [6.07, 6.45) is 5.34. The van der Waals surface area contributed by atoms with Gasteiger partial charge in [-0.05, 0) is 42.5 Å². The Bertz CT molecular complexity index is 1060. The molecule has 0 bridgehead atoms. The highest BCUT2D eigenvalue weighted by Crippen LogP contribution is 2.24. The van der Waals surface area contributed by atoms with Gasteiger partial charge in [0.2, 0.25) is 5.95 Å². The molecule has 1 aromatic carbocycles. The Balaban J connectivity index is 1.65. The summed E-state index contributed by atoms with van der Waals surface area (Å²) in [6.45, 7) is -0.502. The van der Waals surface area contributed by atoms with Crippen LogP contribution in [0.2, 0.25) is 0 Å². The zero-order valence-electron chi connectivity index (χ0n) is 13.7. The molecule has 0 atom stereocenters. The van der Waals surface area contributed by atoms with Crippen LogP contribution in [0.1, 0.15) is 10.4 Å². The predicted octanol–water partition coefficient (Wildman–Crippen LogP) is 2.71. The number of hydrogen-bond acceptors (Lipinski definition) is 6. The highest BCUT2D eigenvalue weighted by molar-refractivity contribution is 5.97. The molecular formula is C19H15N5O2. The number of hydrogen-bond donors (Lipinski definition) is 2. The van der Waals surface area contributed by atoms with Crippen molar-refractivity contribution < 1.29 is 9.90 Å². The molecule has 4 rings (SSSR count). The summed E-state index contributed by atoms with van der Waals surface area (Å²) in [6, 6.07) is 14.5. The predicted molar refractivity (Wildman–Crippen MR) is 97.4 cm³/mol. The zero-order chi connectivity index (χ0) is 17.9. The molecule has 26 heavy (non-hydrogen) atoms. The van der Waals surface area contributed by atoms with Crippen LogP contribution in [-0.4, -0.2) is 37.1 Å². The smallest absolute Gasteiger partial charge is 0.247 e. The second kappa shape index (κ2) is 6.73. The summed E-state index contributed by atoms with van der Waals surface area (Å²) in [5, 5.41) is 16.5. The standard InChI is InChI=1S/C19H15N5O2/c25-12-17(26)13-5-7-15(8-6-13)21-19-22-18-16(4-2-10-24(18)23-19)14-3-1-9-20-11-14/h1-11,25H,12H2,(H,21,23). The van der Waals surface area contributed by atoms with Gasteiger partial charge in [0.25, 0.3) is 0 Å². The highest BCUT2D eigenvalue weighted by Gasteiger charge is 2.10. The number of rotatable bonds is 5. The third kappa shape index (κ3) is 3.03. The Morgan fingerprint density at radius 1 is 1.12 bits per heavy atom. The van der Waals surface area contributed by atoms with Crippen LogP contribution in [0.25, 0.3) is 16.8 Å². The number of aromatic nitrogens is 4. The molecule has 0 radical (unpaired) electrons. The minimum atomic E-state index is -0.502. The number of benzene rings is 1. The van der Waals surface area contributed by atoms with E-state index in [1.165, 1.54) is 0 Å². The molecule has 0 saturated heterocycles. The van der Waals surface area contributed by atoms with Crippen molar-refractivity contribution in [3.63, 3.8) is 0 Å². The van der Waals surface area contributed by atoms with Gasteiger partial charge in [0.05, 0.1) is 0 Å². The quantitative estimate of drug-likeness (QED) is 0.540. The summed E-state index contributed by atoms with van der Waals surface area (Å²) < 4.78 is 1.70. The lowest BCUT2D eigenvalue weighted by atomic mass is 10.1. The van der Waals surface area contributed by atoms with Crippen LogP contribution in [0.3, 0.4) is 0 Å². The number of Topliss-reactive ketones (excluding diaryl/α,β-unsaturated/α-hetero) is 1. The number of aliphatic hydroxyl groups is 1. The van der Waals surface area contributed by atoms with Gasteiger partial charge in [0, 0.05) is 41.0 Å². The Morgan fingerprint density at radius 3 is 2.69 bits per heavy atom. The van der Waals surface area contributed by atoms with E-state index in [2.05, 4.69) is 20.4 Å². The molecular weight excluding hydrogens is 330 g/mol. The molecule has 128 valence electrons. The Labute approximate surface area is 149 Å². The fraction of sp³-hybridized carbons (Fsp3) is 0.0526. The fourth-order valence-electron chi connectivity index (χ4n) is 2.67. The fourth-order valence-corrected chi connectivity index (χ4v) is 2.67. The average molecular weight is 345 g/mol. The number of fused-ring (bicyclic) bond motifs is 1. The van der Waals surface area contributed by atoms with E-state index in [9.17, 15) is 4.79 Å². The van der Waals surface area contributed by atoms with E-state index < -0.39 is 6.61 Å². The average Bonchev–Trinajstić information content (AvgIpc) is 3.11. The van der Waals surface area contributed by atoms with Crippen molar-refractivity contribution in [1.82, 2.24) is 19.6 Å². The minimum Gasteiger partial charge on any atom is -0.388 e. The number of anilines is 2. The van der Waals surface area contributed by atoms with Gasteiger partial charge in [-0.3, -0.25) is 9.78 Å². The van der Waals surface area contributed by atoms with E-state index in [1.807, 2.05) is 30.5 Å². The van der Waals surface area contributed by atoms with E-state index in [4.69, 9.17) is 5.11 Å². The van der Waals surface area contributed by atoms with E-state index in [1.54, 1.807) is 41.2 Å². The lowest BCUT2D eigenvalue weighted by Crippen LogP contribution is -2.04. The van der Waals surface area contributed by atoms with E-state index in [0.717, 1.165) is 22.5 Å². The molecule has 0 unspecified atom stereocenters. The van der Waals surface area contributed by atoms with Crippen LogP contribution in [0.5, 0.6) is 0 Å². The summed E-state index contributed by atoms with van der Waals surface area (Å²) in [5.74, 6) is 0.131. The Hall–Kier alpha value is -3.58. The first-order valence-electron chi connectivity index (χ1n) is 8.01. The molecule has 0 spiro atoms. The van der Waals surface area contributed by atoms with E-state index >= 15 is 0 Å². The van der Waals surface area contributed by atoms with Gasteiger partial charge >= 0.3 is 0 Å². The van der Waals surface area contributed by atoms with Crippen LogP contribution < -0.4 is 5.32 Å². The molecule has 4 aromatic rings. The molecule has 0 amide bonds. The highest BCUT2D eigenvalue weighted by atomic mass is 16.3. The number of carbonyl (C=O) groups excluding carboxylic acids is 1. The van der Waals surface area contributed by atoms with Gasteiger partial charge in [0.15, 0.2) is 11.4 Å². The van der Waals surface area contributed by atoms with Crippen LogP contribution in [-0.2, 0) is 0 Å². The topological polar surface area (TPSA) is 92.4 Å². The van der Waals surface area contributed by atoms with Crippen molar-refractivity contribution in [2.24, 2.45) is 0 Å². The third-order valence-corrected chi connectivity index (χ3v) is 3.94. The minimum absolute atomic E-state index is 0.316. The molecule has 0 aliphatic heterocycles. The van der Waals surface area contributed by atoms with E-state index in [-0.39, 0.29) is 5.78 Å². The number of nitrogens with one attached hydrogen (secondary N) is 1. The van der Waals surface area contributed by atoms with Crippen molar-refractivity contribution in [2.45, 2.75) is 0 Å². The lowest BCUT2D eigenvalue weighted by Gasteiger charge is -2.02. The van der Waals surface area contributed by atoms with Gasteiger partial charge in [-0.1, -0.05) is 6.07 Å². The van der Waals surface area contributed by atoms with Crippen molar-refractivity contribution in [2.75, 3.05) is 11.9 Å². The first-order valence-corrected chi connectivity index (χ1v) is 8.01. The number of ketones is 1. The Morgan fingerprint density at radius 2 is 1.96 bits per heavy atom. The van der Waals surface area contributed by atoms with Crippen LogP contribution in [0.15, 0.2) is 67.1 Å². The molecule has 0 aliphatic rings. The van der Waals surface area contributed by atoms with Crippen LogP contribution in [0, 0.1) is 0 Å². The second-order valence-electron chi connectivity index (χ2n) is 5.65. The summed E-state index contributed by atoms with van der Waals surface area (Å²) in [7, 11) is 0. The van der Waals surface area contributed by atoms with Crippen molar-refractivity contribution in [1.29, 1.82) is 0 Å². The molecule has 0 fully saturated rings.